The van der Waals surface area contributed by atoms with Crippen molar-refractivity contribution in [3.05, 3.63) is 65.2 Å². The molecule has 1 fully saturated rings. The summed E-state index contributed by atoms with van der Waals surface area (Å²) in [6.45, 7) is 4.28. The summed E-state index contributed by atoms with van der Waals surface area (Å²) in [5, 5.41) is 8.47. The van der Waals surface area contributed by atoms with Crippen molar-refractivity contribution in [3.63, 3.8) is 0 Å². The van der Waals surface area contributed by atoms with E-state index in [9.17, 15) is 9.59 Å². The number of rotatable bonds is 5. The number of piperazine rings is 1. The van der Waals surface area contributed by atoms with E-state index in [-0.39, 0.29) is 11.5 Å². The Morgan fingerprint density at radius 1 is 1.10 bits per heavy atom. The predicted molar refractivity (Wildman–Crippen MR) is 112 cm³/mol. The minimum atomic E-state index is -0.698. The predicted octanol–water partition coefficient (Wildman–Crippen LogP) is 1.35. The number of amides is 1. The number of nitrogens with zero attached hydrogens (tertiary/aromatic N) is 6. The van der Waals surface area contributed by atoms with Gasteiger partial charge in [-0.15, -0.1) is 5.10 Å². The molecule has 9 heteroatoms. The lowest BCUT2D eigenvalue weighted by atomic mass is 10.2. The van der Waals surface area contributed by atoms with Crippen molar-refractivity contribution in [3.8, 4) is 11.6 Å². The molecule has 0 N–H and O–H groups in total. The second-order valence-electron chi connectivity index (χ2n) is 7.11. The van der Waals surface area contributed by atoms with E-state index in [1.165, 1.54) is 10.7 Å². The van der Waals surface area contributed by atoms with Crippen LogP contribution in [0.2, 0.25) is 0 Å². The fourth-order valence-electron chi connectivity index (χ4n) is 3.58. The van der Waals surface area contributed by atoms with Crippen LogP contribution in [-0.2, 0) is 4.79 Å². The monoisotopic (exact) mass is 408 g/mol. The minimum absolute atomic E-state index is 0.118. The van der Waals surface area contributed by atoms with Gasteiger partial charge in [-0.3, -0.25) is 9.59 Å². The first-order valence-corrected chi connectivity index (χ1v) is 9.84. The van der Waals surface area contributed by atoms with Crippen LogP contribution in [0.4, 0.5) is 5.69 Å². The molecule has 1 saturated heterocycles. The number of carbonyl (C=O) groups excluding carboxylic acids is 1. The zero-order valence-corrected chi connectivity index (χ0v) is 17.0. The van der Waals surface area contributed by atoms with Gasteiger partial charge in [0.15, 0.2) is 5.82 Å². The molecule has 1 unspecified atom stereocenters. The van der Waals surface area contributed by atoms with Gasteiger partial charge in [-0.2, -0.15) is 5.10 Å². The van der Waals surface area contributed by atoms with Crippen LogP contribution in [0.5, 0.6) is 5.75 Å². The third-order valence-corrected chi connectivity index (χ3v) is 5.28. The van der Waals surface area contributed by atoms with Crippen LogP contribution in [0, 0.1) is 0 Å². The van der Waals surface area contributed by atoms with Crippen LogP contribution in [-0.4, -0.2) is 63.7 Å². The first-order chi connectivity index (χ1) is 14.6. The molecule has 1 amide bonds. The largest absolute Gasteiger partial charge is 0.497 e. The van der Waals surface area contributed by atoms with Gasteiger partial charge < -0.3 is 14.5 Å². The van der Waals surface area contributed by atoms with Crippen molar-refractivity contribution in [1.82, 2.24) is 24.5 Å². The summed E-state index contributed by atoms with van der Waals surface area (Å²) in [7, 11) is 1.65. The molecule has 1 aliphatic rings. The maximum absolute atomic E-state index is 13.1. The van der Waals surface area contributed by atoms with Gasteiger partial charge >= 0.3 is 0 Å². The number of benzene rings is 1. The number of carbonyl (C=O) groups is 1. The smallest absolute Gasteiger partial charge is 0.267 e. The highest BCUT2D eigenvalue weighted by Gasteiger charge is 2.27. The fraction of sp³-hybridized carbons (Fsp3) is 0.333. The van der Waals surface area contributed by atoms with Gasteiger partial charge in [-0.25, -0.2) is 9.36 Å². The third-order valence-electron chi connectivity index (χ3n) is 5.28. The number of anilines is 1. The highest BCUT2D eigenvalue weighted by molar-refractivity contribution is 5.80. The second-order valence-corrected chi connectivity index (χ2v) is 7.11. The quantitative estimate of drug-likeness (QED) is 0.634. The Bertz CT molecular complexity index is 1070. The summed E-state index contributed by atoms with van der Waals surface area (Å²) in [4.78, 5) is 29.4. The molecular weight excluding hydrogens is 384 g/mol. The number of aromatic nitrogens is 4. The molecule has 30 heavy (non-hydrogen) atoms. The van der Waals surface area contributed by atoms with Gasteiger partial charge in [0.2, 0.25) is 5.91 Å². The van der Waals surface area contributed by atoms with Crippen LogP contribution in [0.15, 0.2) is 59.7 Å². The van der Waals surface area contributed by atoms with E-state index in [0.717, 1.165) is 11.4 Å². The van der Waals surface area contributed by atoms with Gasteiger partial charge in [-0.1, -0.05) is 6.07 Å². The number of hydrogen-bond donors (Lipinski definition) is 0. The Kier molecular flexibility index (Phi) is 5.51. The number of methoxy groups -OCH3 is 1. The van der Waals surface area contributed by atoms with E-state index >= 15 is 0 Å². The molecule has 9 nitrogen and oxygen atoms in total. The maximum atomic E-state index is 13.1. The van der Waals surface area contributed by atoms with E-state index in [4.69, 9.17) is 4.74 Å². The summed E-state index contributed by atoms with van der Waals surface area (Å²) >= 11 is 0. The van der Waals surface area contributed by atoms with Crippen molar-refractivity contribution < 1.29 is 9.53 Å². The van der Waals surface area contributed by atoms with Crippen LogP contribution in [0.3, 0.4) is 0 Å². The van der Waals surface area contributed by atoms with Gasteiger partial charge in [0, 0.05) is 56.4 Å². The number of hydrogen-bond acceptors (Lipinski definition) is 6. The Balaban J connectivity index is 1.45. The van der Waals surface area contributed by atoms with E-state index in [1.54, 1.807) is 48.1 Å². The first kappa shape index (κ1) is 19.7. The van der Waals surface area contributed by atoms with Crippen LogP contribution >= 0.6 is 0 Å². The maximum Gasteiger partial charge on any atom is 0.267 e. The Morgan fingerprint density at radius 3 is 2.60 bits per heavy atom. The highest BCUT2D eigenvalue weighted by Crippen LogP contribution is 2.22. The fourth-order valence-corrected chi connectivity index (χ4v) is 3.58. The lowest BCUT2D eigenvalue weighted by molar-refractivity contribution is -0.135. The summed E-state index contributed by atoms with van der Waals surface area (Å²) in [6, 6.07) is 12.0. The molecular formula is C21H24N6O3. The van der Waals surface area contributed by atoms with Crippen LogP contribution < -0.4 is 15.2 Å². The molecule has 3 aromatic rings. The normalized spacial score (nSPS) is 15.1. The molecule has 3 heterocycles. The standard InChI is InChI=1S/C21H24N6O3/c1-16(27-20(28)8-7-19(23-27)26-10-4-9-22-26)21(29)25-13-11-24(12-14-25)17-5-3-6-18(15-17)30-2/h3-10,15-16H,11-14H2,1-2H3. The third kappa shape index (κ3) is 3.91. The van der Waals surface area contributed by atoms with E-state index < -0.39 is 6.04 Å². The van der Waals surface area contributed by atoms with E-state index in [0.29, 0.717) is 32.0 Å². The van der Waals surface area contributed by atoms with Crippen LogP contribution in [0.25, 0.3) is 5.82 Å². The van der Waals surface area contributed by atoms with Crippen molar-refractivity contribution in [1.29, 1.82) is 0 Å². The molecule has 0 aliphatic carbocycles. The topological polar surface area (TPSA) is 85.5 Å². The molecule has 1 atom stereocenters. The Hall–Kier alpha value is -3.62. The SMILES string of the molecule is COc1cccc(N2CCN(C(=O)C(C)n3nc(-n4cccn4)ccc3=O)CC2)c1. The molecule has 0 saturated carbocycles. The molecule has 0 radical (unpaired) electrons. The summed E-state index contributed by atoms with van der Waals surface area (Å²) in [6.07, 6.45) is 3.37. The summed E-state index contributed by atoms with van der Waals surface area (Å²) in [5.41, 5.74) is 0.751. The van der Waals surface area contributed by atoms with Crippen molar-refractivity contribution >= 4 is 11.6 Å². The minimum Gasteiger partial charge on any atom is -0.497 e. The molecule has 2 aromatic heterocycles. The van der Waals surface area contributed by atoms with Gasteiger partial charge in [0.25, 0.3) is 5.56 Å². The van der Waals surface area contributed by atoms with Gasteiger partial charge in [0.1, 0.15) is 11.8 Å². The highest BCUT2D eigenvalue weighted by atomic mass is 16.5. The summed E-state index contributed by atoms with van der Waals surface area (Å²) < 4.78 is 8.08. The molecule has 1 aromatic carbocycles. The van der Waals surface area contributed by atoms with Crippen LogP contribution in [0.1, 0.15) is 13.0 Å². The first-order valence-electron chi connectivity index (χ1n) is 9.84. The zero-order chi connectivity index (χ0) is 21.1. The second kappa shape index (κ2) is 8.40. The van der Waals surface area contributed by atoms with Gasteiger partial charge in [0.05, 0.1) is 7.11 Å². The molecule has 4 rings (SSSR count). The molecule has 0 spiro atoms. The summed E-state index contributed by atoms with van der Waals surface area (Å²) in [5.74, 6) is 1.18. The molecule has 156 valence electrons. The number of ether oxygens (including phenoxy) is 1. The lowest BCUT2D eigenvalue weighted by Crippen LogP contribution is -2.51. The Labute approximate surface area is 174 Å². The van der Waals surface area contributed by atoms with Crippen molar-refractivity contribution in [2.75, 3.05) is 38.2 Å². The van der Waals surface area contributed by atoms with Crippen molar-refractivity contribution in [2.45, 2.75) is 13.0 Å². The zero-order valence-electron chi connectivity index (χ0n) is 17.0. The van der Waals surface area contributed by atoms with Crippen molar-refractivity contribution in [2.24, 2.45) is 0 Å². The average molecular weight is 408 g/mol. The van der Waals surface area contributed by atoms with E-state index in [1.807, 2.05) is 24.3 Å². The molecule has 0 bridgehead atoms. The lowest BCUT2D eigenvalue weighted by Gasteiger charge is -2.37. The Morgan fingerprint density at radius 2 is 1.90 bits per heavy atom. The average Bonchev–Trinajstić information content (AvgIpc) is 3.33. The van der Waals surface area contributed by atoms with E-state index in [2.05, 4.69) is 15.1 Å². The van der Waals surface area contributed by atoms with Gasteiger partial charge in [-0.05, 0) is 31.2 Å². The molecule has 1 aliphatic heterocycles.